The Balaban J connectivity index is 1.99. The maximum absolute atomic E-state index is 10.9. The van der Waals surface area contributed by atoms with Gasteiger partial charge in [-0.05, 0) is 32.0 Å². The molecule has 0 fully saturated rings. The molecule has 2 aromatic rings. The largest absolute Gasteiger partial charge is 0.478 e. The minimum Gasteiger partial charge on any atom is -0.478 e. The van der Waals surface area contributed by atoms with E-state index >= 15 is 0 Å². The second kappa shape index (κ2) is 5.37. The van der Waals surface area contributed by atoms with Crippen molar-refractivity contribution in [1.82, 2.24) is 5.32 Å². The first-order valence-corrected chi connectivity index (χ1v) is 6.49. The van der Waals surface area contributed by atoms with Gasteiger partial charge in [0, 0.05) is 15.8 Å². The zero-order valence-corrected chi connectivity index (χ0v) is 11.1. The molecule has 0 bridgehead atoms. The van der Waals surface area contributed by atoms with Crippen molar-refractivity contribution in [2.45, 2.75) is 26.4 Å². The van der Waals surface area contributed by atoms with Gasteiger partial charge in [-0.3, -0.25) is 0 Å². The summed E-state index contributed by atoms with van der Waals surface area (Å²) in [6.45, 7) is 4.53. The highest BCUT2D eigenvalue weighted by Crippen LogP contribution is 2.23. The van der Waals surface area contributed by atoms with Crippen LogP contribution in [0.2, 0.25) is 0 Å². The third-order valence-electron chi connectivity index (χ3n) is 2.73. The average molecular weight is 265 g/mol. The molecule has 0 saturated heterocycles. The number of hydrogen-bond donors (Lipinski definition) is 2. The highest BCUT2D eigenvalue weighted by molar-refractivity contribution is 7.12. The molecule has 4 nitrogen and oxygen atoms in total. The molecule has 2 heterocycles. The highest BCUT2D eigenvalue weighted by Gasteiger charge is 2.14. The standard InChI is InChI=1S/C13H15NO3S/c1-8-3-4-12(18-8)9(2)14-7-11-10(13(15)16)5-6-17-11/h3-6,9,14H,7H2,1-2H3,(H,15,16). The quantitative estimate of drug-likeness (QED) is 0.871. The van der Waals surface area contributed by atoms with E-state index in [4.69, 9.17) is 9.52 Å². The number of aryl methyl sites for hydroxylation is 1. The molecular formula is C13H15NO3S. The van der Waals surface area contributed by atoms with E-state index in [9.17, 15) is 4.79 Å². The van der Waals surface area contributed by atoms with Crippen LogP contribution in [0.4, 0.5) is 0 Å². The third-order valence-corrected chi connectivity index (χ3v) is 3.92. The molecule has 0 aliphatic carbocycles. The Morgan fingerprint density at radius 1 is 1.50 bits per heavy atom. The molecule has 2 rings (SSSR count). The van der Waals surface area contributed by atoms with Crippen molar-refractivity contribution in [2.75, 3.05) is 0 Å². The Labute approximate surface area is 109 Å². The van der Waals surface area contributed by atoms with Crippen LogP contribution in [0.25, 0.3) is 0 Å². The summed E-state index contributed by atoms with van der Waals surface area (Å²) in [7, 11) is 0. The molecule has 2 aromatic heterocycles. The predicted octanol–water partition coefficient (Wildman–Crippen LogP) is 3.20. The first-order valence-electron chi connectivity index (χ1n) is 5.67. The minimum absolute atomic E-state index is 0.176. The lowest BCUT2D eigenvalue weighted by atomic mass is 10.2. The van der Waals surface area contributed by atoms with E-state index in [1.807, 2.05) is 0 Å². The zero-order chi connectivity index (χ0) is 13.1. The number of carboxylic acids is 1. The van der Waals surface area contributed by atoms with Crippen molar-refractivity contribution in [1.29, 1.82) is 0 Å². The molecule has 1 atom stereocenters. The molecular weight excluding hydrogens is 250 g/mol. The van der Waals surface area contributed by atoms with E-state index in [1.54, 1.807) is 11.3 Å². The van der Waals surface area contributed by atoms with E-state index in [1.165, 1.54) is 22.1 Å². The van der Waals surface area contributed by atoms with Gasteiger partial charge in [0.15, 0.2) is 0 Å². The second-order valence-corrected chi connectivity index (χ2v) is 5.43. The fourth-order valence-electron chi connectivity index (χ4n) is 1.70. The summed E-state index contributed by atoms with van der Waals surface area (Å²) < 4.78 is 5.18. The van der Waals surface area contributed by atoms with Gasteiger partial charge in [0.2, 0.25) is 0 Å². The Hall–Kier alpha value is -1.59. The van der Waals surface area contributed by atoms with E-state index < -0.39 is 5.97 Å². The Kier molecular flexibility index (Phi) is 3.84. The van der Waals surface area contributed by atoms with E-state index in [0.29, 0.717) is 12.3 Å². The molecule has 0 amide bonds. The maximum atomic E-state index is 10.9. The lowest BCUT2D eigenvalue weighted by molar-refractivity contribution is 0.0694. The van der Waals surface area contributed by atoms with Crippen LogP contribution >= 0.6 is 11.3 Å². The molecule has 0 saturated carbocycles. The fraction of sp³-hybridized carbons (Fsp3) is 0.308. The SMILES string of the molecule is Cc1ccc(C(C)NCc2occc2C(=O)O)s1. The van der Waals surface area contributed by atoms with Gasteiger partial charge in [-0.15, -0.1) is 11.3 Å². The van der Waals surface area contributed by atoms with Crippen LogP contribution in [0.5, 0.6) is 0 Å². The summed E-state index contributed by atoms with van der Waals surface area (Å²) in [6.07, 6.45) is 1.40. The first kappa shape index (κ1) is 12.9. The van der Waals surface area contributed by atoms with Crippen LogP contribution in [0, 0.1) is 6.92 Å². The molecule has 0 aliphatic heterocycles. The molecule has 0 radical (unpaired) electrons. The summed E-state index contributed by atoms with van der Waals surface area (Å²) in [5.74, 6) is -0.497. The highest BCUT2D eigenvalue weighted by atomic mass is 32.1. The van der Waals surface area contributed by atoms with Gasteiger partial charge >= 0.3 is 5.97 Å². The van der Waals surface area contributed by atoms with Crippen molar-refractivity contribution >= 4 is 17.3 Å². The fourth-order valence-corrected chi connectivity index (χ4v) is 2.60. The van der Waals surface area contributed by atoms with Crippen molar-refractivity contribution < 1.29 is 14.3 Å². The molecule has 0 spiro atoms. The Bertz CT molecular complexity index is 544. The van der Waals surface area contributed by atoms with Gasteiger partial charge in [0.05, 0.1) is 12.8 Å². The molecule has 1 unspecified atom stereocenters. The van der Waals surface area contributed by atoms with Gasteiger partial charge in [-0.1, -0.05) is 0 Å². The topological polar surface area (TPSA) is 62.5 Å². The normalized spacial score (nSPS) is 12.6. The van der Waals surface area contributed by atoms with Crippen LogP contribution < -0.4 is 5.32 Å². The zero-order valence-electron chi connectivity index (χ0n) is 10.3. The first-order chi connectivity index (χ1) is 8.58. The van der Waals surface area contributed by atoms with Crippen LogP contribution in [0.1, 0.15) is 38.8 Å². The maximum Gasteiger partial charge on any atom is 0.339 e. The number of hydrogen-bond acceptors (Lipinski definition) is 4. The van der Waals surface area contributed by atoms with E-state index in [0.717, 1.165) is 0 Å². The number of rotatable bonds is 5. The Morgan fingerprint density at radius 3 is 2.89 bits per heavy atom. The van der Waals surface area contributed by atoms with Gasteiger partial charge < -0.3 is 14.8 Å². The van der Waals surface area contributed by atoms with E-state index in [-0.39, 0.29) is 11.6 Å². The van der Waals surface area contributed by atoms with Gasteiger partial charge in [-0.2, -0.15) is 0 Å². The minimum atomic E-state index is -0.958. The number of nitrogens with one attached hydrogen (secondary N) is 1. The van der Waals surface area contributed by atoms with Crippen molar-refractivity contribution in [3.8, 4) is 0 Å². The number of carboxylic acid groups (broad SMARTS) is 1. The lowest BCUT2D eigenvalue weighted by Crippen LogP contribution is -2.18. The molecule has 96 valence electrons. The second-order valence-electron chi connectivity index (χ2n) is 4.11. The monoisotopic (exact) mass is 265 g/mol. The van der Waals surface area contributed by atoms with Crippen LogP contribution in [0.15, 0.2) is 28.9 Å². The number of aromatic carboxylic acids is 1. The summed E-state index contributed by atoms with van der Waals surface area (Å²) in [5.41, 5.74) is 0.220. The van der Waals surface area contributed by atoms with Crippen molar-refractivity contribution in [3.05, 3.63) is 45.5 Å². The average Bonchev–Trinajstić information content (AvgIpc) is 2.94. The molecule has 0 aliphatic rings. The van der Waals surface area contributed by atoms with Gasteiger partial charge in [-0.25, -0.2) is 4.79 Å². The van der Waals surface area contributed by atoms with E-state index in [2.05, 4.69) is 31.3 Å². The van der Waals surface area contributed by atoms with Crippen LogP contribution in [-0.4, -0.2) is 11.1 Å². The summed E-state index contributed by atoms with van der Waals surface area (Å²) >= 11 is 1.73. The molecule has 18 heavy (non-hydrogen) atoms. The summed E-state index contributed by atoms with van der Waals surface area (Å²) in [6, 6.07) is 5.81. The van der Waals surface area contributed by atoms with Crippen molar-refractivity contribution in [2.24, 2.45) is 0 Å². The van der Waals surface area contributed by atoms with Gasteiger partial charge in [0.25, 0.3) is 0 Å². The summed E-state index contributed by atoms with van der Waals surface area (Å²) in [5, 5.41) is 12.2. The molecule has 5 heteroatoms. The molecule has 2 N–H and O–H groups in total. The predicted molar refractivity (Wildman–Crippen MR) is 70.0 cm³/mol. The lowest BCUT2D eigenvalue weighted by Gasteiger charge is -2.11. The van der Waals surface area contributed by atoms with Crippen LogP contribution in [-0.2, 0) is 6.54 Å². The van der Waals surface area contributed by atoms with Crippen molar-refractivity contribution in [3.63, 3.8) is 0 Å². The molecule has 0 aromatic carbocycles. The number of carbonyl (C=O) groups is 1. The van der Waals surface area contributed by atoms with Gasteiger partial charge in [0.1, 0.15) is 11.3 Å². The smallest absolute Gasteiger partial charge is 0.339 e. The number of furan rings is 1. The third kappa shape index (κ3) is 2.80. The van der Waals surface area contributed by atoms with Crippen LogP contribution in [0.3, 0.4) is 0 Å². The Morgan fingerprint density at radius 2 is 2.28 bits per heavy atom. The number of thiophene rings is 1. The summed E-state index contributed by atoms with van der Waals surface area (Å²) in [4.78, 5) is 13.4.